The van der Waals surface area contributed by atoms with E-state index in [9.17, 15) is 8.42 Å². The molecular weight excluding hydrogens is 282 g/mol. The third-order valence-corrected chi connectivity index (χ3v) is 4.83. The largest absolute Gasteiger partial charge is 0.283 e. The lowest BCUT2D eigenvalue weighted by molar-refractivity contribution is 0.600. The molecule has 21 heavy (non-hydrogen) atoms. The molecule has 0 heterocycles. The quantitative estimate of drug-likeness (QED) is 0.871. The molecule has 0 spiro atoms. The van der Waals surface area contributed by atoms with Crippen LogP contribution in [0.5, 0.6) is 0 Å². The van der Waals surface area contributed by atoms with Crippen molar-refractivity contribution in [2.75, 3.05) is 4.72 Å². The Morgan fingerprint density at radius 2 is 1.62 bits per heavy atom. The SMILES string of the molecule is CC[C@@H](C)c1ccc(NS(=O)(=O)Cc2ccccc2)cc1. The highest BCUT2D eigenvalue weighted by Gasteiger charge is 2.12. The smallest absolute Gasteiger partial charge is 0.236 e. The average Bonchev–Trinajstić information content (AvgIpc) is 2.47. The van der Waals surface area contributed by atoms with Crippen LogP contribution in [0, 0.1) is 0 Å². The van der Waals surface area contributed by atoms with Gasteiger partial charge in [0.1, 0.15) is 0 Å². The molecule has 1 N–H and O–H groups in total. The summed E-state index contributed by atoms with van der Waals surface area (Å²) >= 11 is 0. The van der Waals surface area contributed by atoms with Gasteiger partial charge in [-0.2, -0.15) is 0 Å². The molecule has 0 saturated heterocycles. The lowest BCUT2D eigenvalue weighted by Crippen LogP contribution is -2.15. The third-order valence-electron chi connectivity index (χ3n) is 3.56. The van der Waals surface area contributed by atoms with Crippen LogP contribution in [-0.4, -0.2) is 8.42 Å². The fourth-order valence-corrected chi connectivity index (χ4v) is 3.32. The van der Waals surface area contributed by atoms with Crippen LogP contribution in [0.4, 0.5) is 5.69 Å². The van der Waals surface area contributed by atoms with Crippen LogP contribution in [0.2, 0.25) is 0 Å². The van der Waals surface area contributed by atoms with Crippen molar-refractivity contribution in [2.24, 2.45) is 0 Å². The molecule has 2 aromatic rings. The standard InChI is InChI=1S/C17H21NO2S/c1-3-14(2)16-9-11-17(12-10-16)18-21(19,20)13-15-7-5-4-6-8-15/h4-12,14,18H,3,13H2,1-2H3/t14-/m1/s1. The Kier molecular flexibility index (Phi) is 5.02. The van der Waals surface area contributed by atoms with Crippen LogP contribution in [-0.2, 0) is 15.8 Å². The van der Waals surface area contributed by atoms with Crippen molar-refractivity contribution in [3.8, 4) is 0 Å². The Balaban J connectivity index is 2.06. The van der Waals surface area contributed by atoms with Gasteiger partial charge in [-0.1, -0.05) is 56.3 Å². The molecule has 2 aromatic carbocycles. The van der Waals surface area contributed by atoms with Crippen molar-refractivity contribution in [2.45, 2.75) is 31.9 Å². The van der Waals surface area contributed by atoms with E-state index in [1.165, 1.54) is 5.56 Å². The van der Waals surface area contributed by atoms with E-state index in [-0.39, 0.29) is 5.75 Å². The highest BCUT2D eigenvalue weighted by atomic mass is 32.2. The predicted molar refractivity (Wildman–Crippen MR) is 87.8 cm³/mol. The summed E-state index contributed by atoms with van der Waals surface area (Å²) in [5, 5.41) is 0. The minimum Gasteiger partial charge on any atom is -0.283 e. The topological polar surface area (TPSA) is 46.2 Å². The summed E-state index contributed by atoms with van der Waals surface area (Å²) in [4.78, 5) is 0. The molecule has 0 saturated carbocycles. The Morgan fingerprint density at radius 3 is 2.19 bits per heavy atom. The summed E-state index contributed by atoms with van der Waals surface area (Å²) in [5.74, 6) is 0.473. The van der Waals surface area contributed by atoms with Crippen LogP contribution in [0.25, 0.3) is 0 Å². The van der Waals surface area contributed by atoms with E-state index in [4.69, 9.17) is 0 Å². The van der Waals surface area contributed by atoms with Crippen LogP contribution in [0.3, 0.4) is 0 Å². The van der Waals surface area contributed by atoms with Gasteiger partial charge >= 0.3 is 0 Å². The first-order valence-corrected chi connectivity index (χ1v) is 8.80. The van der Waals surface area contributed by atoms with Crippen molar-refractivity contribution < 1.29 is 8.42 Å². The van der Waals surface area contributed by atoms with E-state index in [1.54, 1.807) is 0 Å². The zero-order valence-corrected chi connectivity index (χ0v) is 13.2. The first kappa shape index (κ1) is 15.6. The summed E-state index contributed by atoms with van der Waals surface area (Å²) in [5.41, 5.74) is 2.61. The second-order valence-electron chi connectivity index (χ2n) is 5.28. The second kappa shape index (κ2) is 6.76. The van der Waals surface area contributed by atoms with Crippen molar-refractivity contribution in [3.63, 3.8) is 0 Å². The van der Waals surface area contributed by atoms with E-state index in [1.807, 2.05) is 54.6 Å². The second-order valence-corrected chi connectivity index (χ2v) is 7.00. The summed E-state index contributed by atoms with van der Waals surface area (Å²) in [6.07, 6.45) is 1.07. The summed E-state index contributed by atoms with van der Waals surface area (Å²) in [7, 11) is -3.38. The molecule has 0 bridgehead atoms. The van der Waals surface area contributed by atoms with E-state index >= 15 is 0 Å². The minimum absolute atomic E-state index is 0.0129. The van der Waals surface area contributed by atoms with Gasteiger partial charge in [-0.15, -0.1) is 0 Å². The molecule has 0 aliphatic carbocycles. The maximum atomic E-state index is 12.1. The van der Waals surface area contributed by atoms with Crippen LogP contribution in [0.1, 0.15) is 37.3 Å². The number of sulfonamides is 1. The fraction of sp³-hybridized carbons (Fsp3) is 0.294. The molecule has 0 amide bonds. The summed E-state index contributed by atoms with van der Waals surface area (Å²) in [6.45, 7) is 4.30. The molecule has 0 aliphatic heterocycles. The van der Waals surface area contributed by atoms with Gasteiger partial charge in [0.25, 0.3) is 0 Å². The Bertz CT molecular complexity index is 664. The lowest BCUT2D eigenvalue weighted by Gasteiger charge is -2.11. The van der Waals surface area contributed by atoms with Crippen molar-refractivity contribution in [1.29, 1.82) is 0 Å². The Morgan fingerprint density at radius 1 is 1.00 bits per heavy atom. The van der Waals surface area contributed by atoms with Gasteiger partial charge in [0, 0.05) is 5.69 Å². The highest BCUT2D eigenvalue weighted by molar-refractivity contribution is 7.91. The molecule has 0 radical (unpaired) electrons. The van der Waals surface area contributed by atoms with Crippen LogP contribution < -0.4 is 4.72 Å². The molecule has 112 valence electrons. The number of anilines is 1. The van der Waals surface area contributed by atoms with E-state index in [0.717, 1.165) is 12.0 Å². The van der Waals surface area contributed by atoms with Gasteiger partial charge in [0.05, 0.1) is 5.75 Å². The molecular formula is C17H21NO2S. The molecule has 0 aromatic heterocycles. The van der Waals surface area contributed by atoms with Crippen LogP contribution in [0.15, 0.2) is 54.6 Å². The Labute approximate surface area is 127 Å². The number of hydrogen-bond donors (Lipinski definition) is 1. The number of nitrogens with one attached hydrogen (secondary N) is 1. The maximum Gasteiger partial charge on any atom is 0.236 e. The van der Waals surface area contributed by atoms with Gasteiger partial charge in [0.15, 0.2) is 0 Å². The van der Waals surface area contributed by atoms with Gasteiger partial charge in [-0.3, -0.25) is 4.72 Å². The maximum absolute atomic E-state index is 12.1. The predicted octanol–water partition coefficient (Wildman–Crippen LogP) is 4.14. The van der Waals surface area contributed by atoms with Gasteiger partial charge in [0.2, 0.25) is 10.0 Å². The summed E-state index contributed by atoms with van der Waals surface area (Å²) < 4.78 is 26.9. The van der Waals surface area contributed by atoms with Crippen molar-refractivity contribution in [3.05, 3.63) is 65.7 Å². The van der Waals surface area contributed by atoms with Gasteiger partial charge in [-0.25, -0.2) is 8.42 Å². The van der Waals surface area contributed by atoms with Crippen molar-refractivity contribution >= 4 is 15.7 Å². The number of hydrogen-bond acceptors (Lipinski definition) is 2. The molecule has 3 nitrogen and oxygen atoms in total. The van der Waals surface area contributed by atoms with Gasteiger partial charge in [-0.05, 0) is 35.6 Å². The van der Waals surface area contributed by atoms with Crippen molar-refractivity contribution in [1.82, 2.24) is 0 Å². The third kappa shape index (κ3) is 4.60. The molecule has 0 unspecified atom stereocenters. The normalized spacial score (nSPS) is 12.9. The monoisotopic (exact) mass is 303 g/mol. The molecule has 1 atom stereocenters. The zero-order valence-electron chi connectivity index (χ0n) is 12.4. The van der Waals surface area contributed by atoms with E-state index in [2.05, 4.69) is 18.6 Å². The van der Waals surface area contributed by atoms with E-state index in [0.29, 0.717) is 11.6 Å². The minimum atomic E-state index is -3.38. The molecule has 2 rings (SSSR count). The Hall–Kier alpha value is -1.81. The van der Waals surface area contributed by atoms with Gasteiger partial charge < -0.3 is 0 Å². The number of benzene rings is 2. The highest BCUT2D eigenvalue weighted by Crippen LogP contribution is 2.21. The fourth-order valence-electron chi connectivity index (χ4n) is 2.12. The molecule has 0 fully saturated rings. The number of rotatable bonds is 6. The first-order chi connectivity index (χ1) is 10.00. The van der Waals surface area contributed by atoms with Crippen LogP contribution >= 0.6 is 0 Å². The first-order valence-electron chi connectivity index (χ1n) is 7.14. The molecule has 4 heteroatoms. The summed E-state index contributed by atoms with van der Waals surface area (Å²) in [6, 6.07) is 16.8. The lowest BCUT2D eigenvalue weighted by atomic mass is 9.99. The van der Waals surface area contributed by atoms with E-state index < -0.39 is 10.0 Å². The zero-order chi connectivity index (χ0) is 15.3. The molecule has 0 aliphatic rings. The average molecular weight is 303 g/mol.